The van der Waals surface area contributed by atoms with E-state index in [1.807, 2.05) is 6.07 Å². The Morgan fingerprint density at radius 3 is 2.43 bits per heavy atom. The third-order valence-corrected chi connectivity index (χ3v) is 6.12. The molecule has 1 aliphatic rings. The van der Waals surface area contributed by atoms with Crippen LogP contribution >= 0.6 is 27.5 Å². The van der Waals surface area contributed by atoms with E-state index < -0.39 is 0 Å². The predicted octanol–water partition coefficient (Wildman–Crippen LogP) is 5.33. The molecule has 1 aromatic carbocycles. The van der Waals surface area contributed by atoms with E-state index in [-0.39, 0.29) is 16.6 Å². The number of nitrogens with zero attached hydrogens (tertiary/aromatic N) is 2. The number of hydrogen-bond acceptors (Lipinski definition) is 1. The van der Waals surface area contributed by atoms with Crippen molar-refractivity contribution in [2.75, 3.05) is 5.88 Å². The van der Waals surface area contributed by atoms with Crippen LogP contribution in [-0.2, 0) is 6.42 Å². The monoisotopic (exact) mass is 372 g/mol. The lowest BCUT2D eigenvalue weighted by Crippen LogP contribution is -2.07. The molecule has 0 radical (unpaired) electrons. The number of benzene rings is 1. The van der Waals surface area contributed by atoms with Crippen molar-refractivity contribution in [3.05, 3.63) is 28.2 Å². The molecule has 0 bridgehead atoms. The minimum Gasteiger partial charge on any atom is -0.324 e. The van der Waals surface area contributed by atoms with Crippen molar-refractivity contribution in [1.82, 2.24) is 9.55 Å². The smallest absolute Gasteiger partial charge is 0.139 e. The highest BCUT2D eigenvalue weighted by atomic mass is 79.9. The summed E-state index contributed by atoms with van der Waals surface area (Å²) in [6.45, 7) is 9.08. The topological polar surface area (TPSA) is 17.8 Å². The molecule has 2 aromatic rings. The Labute approximate surface area is 137 Å². The van der Waals surface area contributed by atoms with E-state index in [0.29, 0.717) is 28.3 Å². The fourth-order valence-corrected chi connectivity index (χ4v) is 4.00. The Kier molecular flexibility index (Phi) is 3.42. The van der Waals surface area contributed by atoms with E-state index in [4.69, 9.17) is 11.6 Å². The van der Waals surface area contributed by atoms with Gasteiger partial charge >= 0.3 is 0 Å². The number of hydrogen-bond donors (Lipinski definition) is 0. The van der Waals surface area contributed by atoms with Gasteiger partial charge in [-0.1, -0.05) is 27.7 Å². The second kappa shape index (κ2) is 4.69. The first-order valence-corrected chi connectivity index (χ1v) is 8.46. The average Bonchev–Trinajstić information content (AvgIpc) is 2.65. The van der Waals surface area contributed by atoms with Gasteiger partial charge in [0.15, 0.2) is 0 Å². The van der Waals surface area contributed by atoms with Crippen molar-refractivity contribution < 1.29 is 4.39 Å². The van der Waals surface area contributed by atoms with Gasteiger partial charge in [-0.25, -0.2) is 9.37 Å². The third kappa shape index (κ3) is 2.06. The molecule has 1 fully saturated rings. The van der Waals surface area contributed by atoms with E-state index in [1.165, 1.54) is 6.07 Å². The van der Waals surface area contributed by atoms with Gasteiger partial charge in [0.2, 0.25) is 0 Å². The molecule has 0 saturated heterocycles. The quantitative estimate of drug-likeness (QED) is 0.665. The molecule has 1 saturated carbocycles. The molecule has 0 N–H and O–H groups in total. The molecule has 2 nitrogen and oxygen atoms in total. The molecule has 3 rings (SSSR count). The van der Waals surface area contributed by atoms with Gasteiger partial charge in [0.05, 0.1) is 15.5 Å². The highest BCUT2D eigenvalue weighted by molar-refractivity contribution is 9.10. The van der Waals surface area contributed by atoms with Crippen molar-refractivity contribution in [3.63, 3.8) is 0 Å². The van der Waals surface area contributed by atoms with Gasteiger partial charge in [0.1, 0.15) is 11.6 Å². The summed E-state index contributed by atoms with van der Waals surface area (Å²) < 4.78 is 16.5. The number of alkyl halides is 1. The van der Waals surface area contributed by atoms with E-state index in [1.54, 1.807) is 0 Å². The normalized spacial score (nSPS) is 20.1. The summed E-state index contributed by atoms with van der Waals surface area (Å²) in [7, 11) is 0. The maximum absolute atomic E-state index is 13.8. The van der Waals surface area contributed by atoms with E-state index in [2.05, 4.69) is 53.2 Å². The molecule has 0 atom stereocenters. The Morgan fingerprint density at radius 1 is 1.29 bits per heavy atom. The maximum atomic E-state index is 13.8. The minimum absolute atomic E-state index is 0.183. The third-order valence-electron chi connectivity index (χ3n) is 5.33. The number of rotatable bonds is 3. The summed E-state index contributed by atoms with van der Waals surface area (Å²) in [5.74, 6) is 1.18. The van der Waals surface area contributed by atoms with Gasteiger partial charge < -0.3 is 4.57 Å². The summed E-state index contributed by atoms with van der Waals surface area (Å²) in [6, 6.07) is 3.68. The fourth-order valence-electron chi connectivity index (χ4n) is 3.50. The van der Waals surface area contributed by atoms with Gasteiger partial charge in [-0.3, -0.25) is 0 Å². The lowest BCUT2D eigenvalue weighted by atomic mass is 10.0. The Balaban J connectivity index is 2.25. The van der Waals surface area contributed by atoms with E-state index >= 15 is 0 Å². The zero-order chi connectivity index (χ0) is 15.6. The van der Waals surface area contributed by atoms with Crippen LogP contribution in [0, 0.1) is 16.6 Å². The van der Waals surface area contributed by atoms with Crippen LogP contribution in [0.5, 0.6) is 0 Å². The first-order valence-electron chi connectivity index (χ1n) is 7.13. The first-order chi connectivity index (χ1) is 9.71. The van der Waals surface area contributed by atoms with Crippen molar-refractivity contribution in [3.8, 4) is 0 Å². The summed E-state index contributed by atoms with van der Waals surface area (Å²) in [5, 5.41) is 0. The second-order valence-corrected chi connectivity index (χ2v) is 8.17. The molecule has 1 aliphatic carbocycles. The fraction of sp³-hybridized carbons (Fsp3) is 0.562. The maximum Gasteiger partial charge on any atom is 0.139 e. The second-order valence-electron chi connectivity index (χ2n) is 6.94. The SMILES string of the molecule is CC1(C)C(n2c(CCCl)nc3cc(F)c(Br)cc32)C1(C)C. The van der Waals surface area contributed by atoms with Gasteiger partial charge in [0, 0.05) is 24.4 Å². The zero-order valence-corrected chi connectivity index (χ0v) is 15.0. The van der Waals surface area contributed by atoms with E-state index in [9.17, 15) is 4.39 Å². The molecule has 1 aromatic heterocycles. The van der Waals surface area contributed by atoms with Crippen molar-refractivity contribution in [2.45, 2.75) is 40.2 Å². The zero-order valence-electron chi connectivity index (χ0n) is 12.7. The predicted molar refractivity (Wildman–Crippen MR) is 88.4 cm³/mol. The first kappa shape index (κ1) is 15.3. The lowest BCUT2D eigenvalue weighted by Gasteiger charge is -2.11. The minimum atomic E-state index is -0.279. The molecule has 0 unspecified atom stereocenters. The number of fused-ring (bicyclic) bond motifs is 1. The molecular weight excluding hydrogens is 355 g/mol. The number of imidazole rings is 1. The van der Waals surface area contributed by atoms with Crippen LogP contribution in [0.25, 0.3) is 11.0 Å². The summed E-state index contributed by atoms with van der Waals surface area (Å²) >= 11 is 9.21. The molecule has 0 amide bonds. The van der Waals surface area contributed by atoms with Crippen LogP contribution in [0.3, 0.4) is 0 Å². The number of aryl methyl sites for hydroxylation is 1. The molecule has 0 aliphatic heterocycles. The summed E-state index contributed by atoms with van der Waals surface area (Å²) in [5.41, 5.74) is 2.05. The van der Waals surface area contributed by atoms with E-state index in [0.717, 1.165) is 11.3 Å². The summed E-state index contributed by atoms with van der Waals surface area (Å²) in [6.07, 6.45) is 0.693. The number of aromatic nitrogens is 2. The van der Waals surface area contributed by atoms with Crippen molar-refractivity contribution in [2.24, 2.45) is 10.8 Å². The standard InChI is InChI=1S/C16H19BrClFN2/c1-15(2)14(16(15,3)4)21-12-7-9(17)10(19)8-11(12)20-13(21)5-6-18/h7-8,14H,5-6H2,1-4H3. The molecular formula is C16H19BrClFN2. The Hall–Kier alpha value is -0.610. The highest BCUT2D eigenvalue weighted by Gasteiger charge is 2.66. The summed E-state index contributed by atoms with van der Waals surface area (Å²) in [4.78, 5) is 4.61. The number of halogens is 3. The molecule has 21 heavy (non-hydrogen) atoms. The van der Waals surface area contributed by atoms with Crippen molar-refractivity contribution >= 4 is 38.6 Å². The molecule has 114 valence electrons. The van der Waals surface area contributed by atoms with Gasteiger partial charge in [-0.05, 0) is 32.8 Å². The largest absolute Gasteiger partial charge is 0.324 e. The van der Waals surface area contributed by atoms with Gasteiger partial charge in [-0.15, -0.1) is 11.6 Å². The van der Waals surface area contributed by atoms with Crippen LogP contribution < -0.4 is 0 Å². The van der Waals surface area contributed by atoms with Crippen LogP contribution in [0.1, 0.15) is 39.6 Å². The molecule has 1 heterocycles. The molecule has 5 heteroatoms. The lowest BCUT2D eigenvalue weighted by molar-refractivity contribution is 0.457. The average molecular weight is 374 g/mol. The molecule has 0 spiro atoms. The van der Waals surface area contributed by atoms with Gasteiger partial charge in [0.25, 0.3) is 0 Å². The van der Waals surface area contributed by atoms with Gasteiger partial charge in [-0.2, -0.15) is 0 Å². The van der Waals surface area contributed by atoms with Crippen LogP contribution in [0.15, 0.2) is 16.6 Å². The van der Waals surface area contributed by atoms with Crippen molar-refractivity contribution in [1.29, 1.82) is 0 Å². The Bertz CT molecular complexity index is 707. The van der Waals surface area contributed by atoms with Crippen LogP contribution in [-0.4, -0.2) is 15.4 Å². The highest BCUT2D eigenvalue weighted by Crippen LogP contribution is 2.72. The Morgan fingerprint density at radius 2 is 1.90 bits per heavy atom. The van der Waals surface area contributed by atoms with Crippen LogP contribution in [0.2, 0.25) is 0 Å². The van der Waals surface area contributed by atoms with Crippen LogP contribution in [0.4, 0.5) is 4.39 Å².